The molecule has 6 heteroatoms. The summed E-state index contributed by atoms with van der Waals surface area (Å²) in [6.45, 7) is 6.52. The van der Waals surface area contributed by atoms with E-state index in [1.807, 2.05) is 29.3 Å². The topological polar surface area (TPSA) is 58.0 Å². The third-order valence-electron chi connectivity index (χ3n) is 7.21. The summed E-state index contributed by atoms with van der Waals surface area (Å²) in [5.74, 6) is 0.240. The zero-order chi connectivity index (χ0) is 19.1. The molecule has 4 heterocycles. The molecule has 0 unspecified atom stereocenters. The second kappa shape index (κ2) is 6.99. The van der Waals surface area contributed by atoms with Crippen molar-refractivity contribution in [2.75, 3.05) is 26.2 Å². The first-order valence-corrected chi connectivity index (χ1v) is 10.5. The highest BCUT2D eigenvalue weighted by molar-refractivity contribution is 6.40. The van der Waals surface area contributed by atoms with E-state index in [0.717, 1.165) is 45.3 Å². The number of aromatic nitrogens is 1. The van der Waals surface area contributed by atoms with Gasteiger partial charge in [-0.15, -0.1) is 0 Å². The Hall–Kier alpha value is -2.21. The summed E-state index contributed by atoms with van der Waals surface area (Å²) in [6, 6.07) is 4.13. The number of piperidine rings is 1. The van der Waals surface area contributed by atoms with Crippen LogP contribution in [-0.4, -0.2) is 58.7 Å². The molecule has 28 heavy (non-hydrogen) atoms. The number of carbonyl (C=O) groups is 1. The summed E-state index contributed by atoms with van der Waals surface area (Å²) in [7, 11) is 0. The molecule has 1 saturated carbocycles. The van der Waals surface area contributed by atoms with Crippen LogP contribution in [0, 0.1) is 18.3 Å². The third-order valence-corrected chi connectivity index (χ3v) is 7.21. The third kappa shape index (κ3) is 2.94. The number of rotatable bonds is 3. The number of oxime groups is 1. The van der Waals surface area contributed by atoms with E-state index in [0.29, 0.717) is 18.8 Å². The maximum Gasteiger partial charge on any atom is 0.272 e. The summed E-state index contributed by atoms with van der Waals surface area (Å²) >= 11 is 0. The Morgan fingerprint density at radius 2 is 2.04 bits per heavy atom. The predicted molar refractivity (Wildman–Crippen MR) is 107 cm³/mol. The highest BCUT2D eigenvalue weighted by Gasteiger charge is 2.57. The Bertz CT molecular complexity index is 818. The average Bonchev–Trinajstić information content (AvgIpc) is 3.44. The van der Waals surface area contributed by atoms with Crippen molar-refractivity contribution in [2.24, 2.45) is 16.5 Å². The molecule has 2 atom stereocenters. The Morgan fingerprint density at radius 3 is 2.79 bits per heavy atom. The van der Waals surface area contributed by atoms with E-state index in [1.165, 1.54) is 11.3 Å². The summed E-state index contributed by atoms with van der Waals surface area (Å²) in [5.41, 5.74) is 3.27. The Balaban J connectivity index is 1.28. The fraction of sp³-hybridized carbons (Fsp3) is 0.591. The van der Waals surface area contributed by atoms with Crippen molar-refractivity contribution in [3.05, 3.63) is 41.7 Å². The zero-order valence-corrected chi connectivity index (χ0v) is 16.5. The van der Waals surface area contributed by atoms with Gasteiger partial charge < -0.3 is 9.74 Å². The zero-order valence-electron chi connectivity index (χ0n) is 16.5. The van der Waals surface area contributed by atoms with Gasteiger partial charge in [-0.25, -0.2) is 0 Å². The van der Waals surface area contributed by atoms with Gasteiger partial charge in [0.15, 0.2) is 5.71 Å². The monoisotopic (exact) mass is 380 g/mol. The van der Waals surface area contributed by atoms with E-state index >= 15 is 0 Å². The Labute approximate surface area is 166 Å². The van der Waals surface area contributed by atoms with Gasteiger partial charge in [-0.05, 0) is 62.7 Å². The van der Waals surface area contributed by atoms with Gasteiger partial charge in [0, 0.05) is 25.8 Å². The lowest BCUT2D eigenvalue weighted by molar-refractivity contribution is -0.123. The number of hydrogen-bond acceptors (Lipinski definition) is 5. The normalized spacial score (nSPS) is 28.5. The smallest absolute Gasteiger partial charge is 0.272 e. The van der Waals surface area contributed by atoms with Crippen molar-refractivity contribution in [3.63, 3.8) is 0 Å². The second-order valence-electron chi connectivity index (χ2n) is 8.72. The molecule has 1 aromatic rings. The molecule has 0 radical (unpaired) electrons. The first-order valence-electron chi connectivity index (χ1n) is 10.5. The van der Waals surface area contributed by atoms with Gasteiger partial charge in [0.1, 0.15) is 6.10 Å². The molecule has 0 N–H and O–H groups in total. The van der Waals surface area contributed by atoms with E-state index in [4.69, 9.17) is 4.84 Å². The number of likely N-dealkylation sites (tertiary alicyclic amines) is 1. The van der Waals surface area contributed by atoms with Crippen LogP contribution >= 0.6 is 0 Å². The van der Waals surface area contributed by atoms with E-state index in [-0.39, 0.29) is 23.3 Å². The molecule has 1 amide bonds. The quantitative estimate of drug-likeness (QED) is 0.756. The van der Waals surface area contributed by atoms with Crippen LogP contribution in [0.5, 0.6) is 0 Å². The molecule has 0 aromatic carbocycles. The standard InChI is InChI=1S/C22H28N4O2/c1-16-5-4-10-23-17(16)15-25-13-8-22(9-14-25)7-6-18-19(22)20(24-28-18)21(27)26-11-2-3-12-26/h2-5,10,18-19H,6-9,11-15H2,1H3/t18-,19+/m0/s1. The van der Waals surface area contributed by atoms with E-state index in [9.17, 15) is 4.79 Å². The molecule has 1 spiro atoms. The summed E-state index contributed by atoms with van der Waals surface area (Å²) in [4.78, 5) is 27.7. The molecule has 1 aliphatic carbocycles. The fourth-order valence-corrected chi connectivity index (χ4v) is 5.50. The van der Waals surface area contributed by atoms with E-state index in [2.05, 4.69) is 28.0 Å². The van der Waals surface area contributed by atoms with Gasteiger partial charge in [-0.2, -0.15) is 0 Å². The lowest BCUT2D eigenvalue weighted by Gasteiger charge is -2.42. The van der Waals surface area contributed by atoms with Gasteiger partial charge >= 0.3 is 0 Å². The highest BCUT2D eigenvalue weighted by Crippen LogP contribution is 2.54. The van der Waals surface area contributed by atoms with Gasteiger partial charge in [-0.3, -0.25) is 14.7 Å². The maximum atomic E-state index is 13.0. The number of amides is 1. The first-order chi connectivity index (χ1) is 13.7. The first kappa shape index (κ1) is 17.9. The summed E-state index contributed by atoms with van der Waals surface area (Å²) in [6.07, 6.45) is 10.4. The Kier molecular flexibility index (Phi) is 4.46. The van der Waals surface area contributed by atoms with E-state index < -0.39 is 0 Å². The van der Waals surface area contributed by atoms with Crippen molar-refractivity contribution < 1.29 is 9.63 Å². The molecule has 1 saturated heterocycles. The highest BCUT2D eigenvalue weighted by atomic mass is 16.6. The Morgan fingerprint density at radius 1 is 1.25 bits per heavy atom. The molecule has 4 aliphatic rings. The predicted octanol–water partition coefficient (Wildman–Crippen LogP) is 2.54. The number of pyridine rings is 1. The van der Waals surface area contributed by atoms with Gasteiger partial charge in [0.25, 0.3) is 5.91 Å². The molecule has 148 valence electrons. The van der Waals surface area contributed by atoms with Gasteiger partial charge in [-0.1, -0.05) is 23.4 Å². The number of hydrogen-bond donors (Lipinski definition) is 0. The van der Waals surface area contributed by atoms with Crippen molar-refractivity contribution >= 4 is 11.6 Å². The number of nitrogens with zero attached hydrogens (tertiary/aromatic N) is 4. The molecule has 0 bridgehead atoms. The average molecular weight is 380 g/mol. The van der Waals surface area contributed by atoms with Crippen molar-refractivity contribution in [3.8, 4) is 0 Å². The number of fused-ring (bicyclic) bond motifs is 2. The molecule has 5 rings (SSSR count). The second-order valence-corrected chi connectivity index (χ2v) is 8.72. The van der Waals surface area contributed by atoms with Crippen molar-refractivity contribution in [1.82, 2.24) is 14.8 Å². The number of aryl methyl sites for hydroxylation is 1. The summed E-state index contributed by atoms with van der Waals surface area (Å²) < 4.78 is 0. The molecule has 1 aromatic heterocycles. The number of carbonyl (C=O) groups excluding carboxylic acids is 1. The fourth-order valence-electron chi connectivity index (χ4n) is 5.50. The maximum absolute atomic E-state index is 13.0. The largest absolute Gasteiger partial charge is 0.391 e. The lowest BCUT2D eigenvalue weighted by atomic mass is 9.68. The van der Waals surface area contributed by atoms with Crippen LogP contribution < -0.4 is 0 Å². The van der Waals surface area contributed by atoms with Gasteiger partial charge in [0.05, 0.1) is 11.6 Å². The minimum absolute atomic E-state index is 0.0744. The molecule has 3 aliphatic heterocycles. The van der Waals surface area contributed by atoms with Crippen molar-refractivity contribution in [2.45, 2.75) is 45.3 Å². The van der Waals surface area contributed by atoms with Crippen LogP contribution in [0.2, 0.25) is 0 Å². The molecular formula is C22H28N4O2. The van der Waals surface area contributed by atoms with E-state index in [1.54, 1.807) is 0 Å². The lowest BCUT2D eigenvalue weighted by Crippen LogP contribution is -2.48. The van der Waals surface area contributed by atoms with Crippen LogP contribution in [0.4, 0.5) is 0 Å². The van der Waals surface area contributed by atoms with Crippen LogP contribution in [0.3, 0.4) is 0 Å². The van der Waals surface area contributed by atoms with Crippen molar-refractivity contribution in [1.29, 1.82) is 0 Å². The molecule has 6 nitrogen and oxygen atoms in total. The van der Waals surface area contributed by atoms with Crippen LogP contribution in [-0.2, 0) is 16.2 Å². The van der Waals surface area contributed by atoms with Crippen LogP contribution in [0.25, 0.3) is 0 Å². The summed E-state index contributed by atoms with van der Waals surface area (Å²) in [5, 5.41) is 4.29. The van der Waals surface area contributed by atoms with Crippen LogP contribution in [0.15, 0.2) is 35.6 Å². The SMILES string of the molecule is Cc1cccnc1CN1CCC2(CC[C@@H]3ON=C(C(=O)N4CC=CC4)[C@@H]32)CC1. The van der Waals surface area contributed by atoms with Crippen LogP contribution in [0.1, 0.15) is 36.9 Å². The molecule has 2 fully saturated rings. The minimum atomic E-state index is 0.0744. The molecular weight excluding hydrogens is 352 g/mol. The minimum Gasteiger partial charge on any atom is -0.391 e. The van der Waals surface area contributed by atoms with Gasteiger partial charge in [0.2, 0.25) is 0 Å².